The predicted molar refractivity (Wildman–Crippen MR) is 67.2 cm³/mol. The molecular weight excluding hydrogens is 266 g/mol. The van der Waals surface area contributed by atoms with Gasteiger partial charge in [0.15, 0.2) is 0 Å². The molecular formula is C13H14BrNO. The lowest BCUT2D eigenvalue weighted by Crippen LogP contribution is -2.56. The Kier molecular flexibility index (Phi) is 2.32. The number of amides is 1. The smallest absolute Gasteiger partial charge is 0.230 e. The van der Waals surface area contributed by atoms with Crippen molar-refractivity contribution in [3.63, 3.8) is 0 Å². The van der Waals surface area contributed by atoms with Gasteiger partial charge in [-0.05, 0) is 55.9 Å². The third-order valence-corrected chi connectivity index (χ3v) is 4.74. The third-order valence-electron chi connectivity index (χ3n) is 4.21. The molecule has 0 bridgehead atoms. The molecule has 0 unspecified atom stereocenters. The maximum Gasteiger partial charge on any atom is 0.230 e. The number of benzene rings is 1. The topological polar surface area (TPSA) is 29.1 Å². The summed E-state index contributed by atoms with van der Waals surface area (Å²) >= 11 is 3.38. The lowest BCUT2D eigenvalue weighted by molar-refractivity contribution is -0.150. The molecule has 3 heteroatoms. The van der Waals surface area contributed by atoms with Gasteiger partial charge in [-0.1, -0.05) is 15.9 Å². The molecule has 0 radical (unpaired) electrons. The van der Waals surface area contributed by atoms with E-state index >= 15 is 0 Å². The highest BCUT2D eigenvalue weighted by molar-refractivity contribution is 9.10. The zero-order valence-electron chi connectivity index (χ0n) is 9.00. The van der Waals surface area contributed by atoms with Crippen molar-refractivity contribution >= 4 is 27.5 Å². The molecule has 0 heterocycles. The second-order valence-electron chi connectivity index (χ2n) is 4.89. The van der Waals surface area contributed by atoms with Crippen molar-refractivity contribution in [2.75, 3.05) is 5.32 Å². The van der Waals surface area contributed by atoms with Crippen molar-refractivity contribution in [1.82, 2.24) is 0 Å². The van der Waals surface area contributed by atoms with Gasteiger partial charge in [-0.25, -0.2) is 0 Å². The van der Waals surface area contributed by atoms with Gasteiger partial charge in [0.25, 0.3) is 0 Å². The minimum atomic E-state index is 0.00702. The standard InChI is InChI=1S/C13H14BrNO/c14-10-1-3-11(4-2-10)15-12(16)13-7-5-9(13)6-8-13/h1-4,9H,5-8H2,(H,15,16). The van der Waals surface area contributed by atoms with Crippen molar-refractivity contribution in [3.8, 4) is 0 Å². The lowest BCUT2D eigenvalue weighted by atomic mass is 9.47. The molecule has 3 rings (SSSR count). The summed E-state index contributed by atoms with van der Waals surface area (Å²) in [5.74, 6) is 0.903. The van der Waals surface area contributed by atoms with Crippen LogP contribution in [0, 0.1) is 11.3 Å². The highest BCUT2D eigenvalue weighted by atomic mass is 79.9. The van der Waals surface area contributed by atoms with E-state index in [1.54, 1.807) is 0 Å². The van der Waals surface area contributed by atoms with Crippen LogP contribution in [0.25, 0.3) is 0 Å². The van der Waals surface area contributed by atoms with Crippen molar-refractivity contribution in [2.24, 2.45) is 11.3 Å². The van der Waals surface area contributed by atoms with E-state index in [-0.39, 0.29) is 11.3 Å². The van der Waals surface area contributed by atoms with Crippen LogP contribution in [0.3, 0.4) is 0 Å². The van der Waals surface area contributed by atoms with Crippen LogP contribution in [0.1, 0.15) is 25.7 Å². The fourth-order valence-electron chi connectivity index (χ4n) is 2.86. The molecule has 1 amide bonds. The van der Waals surface area contributed by atoms with Crippen LogP contribution in [0.2, 0.25) is 0 Å². The van der Waals surface area contributed by atoms with Crippen LogP contribution >= 0.6 is 15.9 Å². The van der Waals surface area contributed by atoms with Crippen molar-refractivity contribution in [3.05, 3.63) is 28.7 Å². The highest BCUT2D eigenvalue weighted by Gasteiger charge is 2.58. The molecule has 84 valence electrons. The first-order valence-corrected chi connectivity index (χ1v) is 6.57. The van der Waals surface area contributed by atoms with Crippen LogP contribution in [0.15, 0.2) is 28.7 Å². The maximum atomic E-state index is 12.1. The SMILES string of the molecule is O=C(Nc1ccc(Br)cc1)C12CCC1CC2. The number of halogens is 1. The van der Waals surface area contributed by atoms with Crippen LogP contribution < -0.4 is 5.32 Å². The second kappa shape index (κ2) is 3.59. The van der Waals surface area contributed by atoms with E-state index in [1.165, 1.54) is 12.8 Å². The van der Waals surface area contributed by atoms with E-state index in [4.69, 9.17) is 0 Å². The molecule has 2 nitrogen and oxygen atoms in total. The number of hydrogen-bond donors (Lipinski definition) is 1. The summed E-state index contributed by atoms with van der Waals surface area (Å²) in [5, 5.41) is 3.03. The Morgan fingerprint density at radius 3 is 2.31 bits per heavy atom. The molecule has 0 aromatic heterocycles. The fourth-order valence-corrected chi connectivity index (χ4v) is 3.13. The van der Waals surface area contributed by atoms with Crippen molar-refractivity contribution in [1.29, 1.82) is 0 Å². The van der Waals surface area contributed by atoms with E-state index < -0.39 is 0 Å². The molecule has 16 heavy (non-hydrogen) atoms. The molecule has 0 saturated heterocycles. The van der Waals surface area contributed by atoms with Crippen molar-refractivity contribution < 1.29 is 4.79 Å². The highest BCUT2D eigenvalue weighted by Crippen LogP contribution is 2.61. The number of carbonyl (C=O) groups excluding carboxylic acids is 1. The monoisotopic (exact) mass is 279 g/mol. The quantitative estimate of drug-likeness (QED) is 0.881. The van der Waals surface area contributed by atoms with Gasteiger partial charge in [0, 0.05) is 10.2 Å². The first kappa shape index (κ1) is 10.3. The Labute approximate surface area is 104 Å². The van der Waals surface area contributed by atoms with E-state index in [0.717, 1.165) is 23.0 Å². The maximum absolute atomic E-state index is 12.1. The number of nitrogens with one attached hydrogen (secondary N) is 1. The Morgan fingerprint density at radius 2 is 1.88 bits per heavy atom. The van der Waals surface area contributed by atoms with Crippen LogP contribution in [0.4, 0.5) is 5.69 Å². The van der Waals surface area contributed by atoms with Crippen LogP contribution in [-0.4, -0.2) is 5.91 Å². The Morgan fingerprint density at radius 1 is 1.25 bits per heavy atom. The largest absolute Gasteiger partial charge is 0.326 e. The lowest BCUT2D eigenvalue weighted by Gasteiger charge is -2.56. The molecule has 2 aliphatic rings. The van der Waals surface area contributed by atoms with Crippen molar-refractivity contribution in [2.45, 2.75) is 25.7 Å². The predicted octanol–water partition coefficient (Wildman–Crippen LogP) is 3.58. The summed E-state index contributed by atoms with van der Waals surface area (Å²) in [4.78, 5) is 12.1. The Bertz CT molecular complexity index is 418. The molecule has 2 fully saturated rings. The van der Waals surface area contributed by atoms with E-state index in [0.29, 0.717) is 5.92 Å². The second-order valence-corrected chi connectivity index (χ2v) is 5.81. The normalized spacial score (nSPS) is 30.9. The van der Waals surface area contributed by atoms with Gasteiger partial charge < -0.3 is 5.32 Å². The van der Waals surface area contributed by atoms with Crippen LogP contribution in [0.5, 0.6) is 0 Å². The number of fused-ring (bicyclic) bond motifs is 1. The van der Waals surface area contributed by atoms with E-state index in [9.17, 15) is 4.79 Å². The molecule has 2 aliphatic carbocycles. The molecule has 1 N–H and O–H groups in total. The number of rotatable bonds is 2. The van der Waals surface area contributed by atoms with Gasteiger partial charge >= 0.3 is 0 Å². The summed E-state index contributed by atoms with van der Waals surface area (Å²) in [6, 6.07) is 7.77. The molecule has 1 aromatic carbocycles. The van der Waals surface area contributed by atoms with Gasteiger partial charge in [-0.3, -0.25) is 4.79 Å². The minimum absolute atomic E-state index is 0.00702. The van der Waals surface area contributed by atoms with Gasteiger partial charge in [0.05, 0.1) is 5.41 Å². The van der Waals surface area contributed by atoms with Gasteiger partial charge in [0.1, 0.15) is 0 Å². The Balaban J connectivity index is 1.71. The summed E-state index contributed by atoms with van der Waals surface area (Å²) in [7, 11) is 0. The number of anilines is 1. The van der Waals surface area contributed by atoms with E-state index in [1.807, 2.05) is 24.3 Å². The summed E-state index contributed by atoms with van der Waals surface area (Å²) in [6.07, 6.45) is 4.65. The molecule has 1 aromatic rings. The molecule has 0 atom stereocenters. The van der Waals surface area contributed by atoms with Gasteiger partial charge in [0.2, 0.25) is 5.91 Å². The Hall–Kier alpha value is -0.830. The summed E-state index contributed by atoms with van der Waals surface area (Å²) in [6.45, 7) is 0. The summed E-state index contributed by atoms with van der Waals surface area (Å²) in [5.41, 5.74) is 0.910. The fraction of sp³-hybridized carbons (Fsp3) is 0.462. The number of carbonyl (C=O) groups is 1. The van der Waals surface area contributed by atoms with E-state index in [2.05, 4.69) is 21.2 Å². The van der Waals surface area contributed by atoms with Gasteiger partial charge in [-0.2, -0.15) is 0 Å². The molecule has 2 saturated carbocycles. The molecule has 0 aliphatic heterocycles. The minimum Gasteiger partial charge on any atom is -0.326 e. The van der Waals surface area contributed by atoms with Gasteiger partial charge in [-0.15, -0.1) is 0 Å². The zero-order chi connectivity index (χ0) is 11.2. The summed E-state index contributed by atoms with van der Waals surface area (Å²) < 4.78 is 1.04. The first-order valence-electron chi connectivity index (χ1n) is 5.78. The number of hydrogen-bond acceptors (Lipinski definition) is 1. The average Bonchev–Trinajstić information content (AvgIpc) is 2.26. The third kappa shape index (κ3) is 1.41. The first-order chi connectivity index (χ1) is 7.71. The zero-order valence-corrected chi connectivity index (χ0v) is 10.6. The molecule has 0 spiro atoms. The van der Waals surface area contributed by atoms with Crippen LogP contribution in [-0.2, 0) is 4.79 Å². The average molecular weight is 280 g/mol.